The van der Waals surface area contributed by atoms with Crippen molar-refractivity contribution in [1.82, 2.24) is 15.3 Å². The van der Waals surface area contributed by atoms with Gasteiger partial charge in [0.25, 0.3) is 0 Å². The van der Waals surface area contributed by atoms with Gasteiger partial charge < -0.3 is 25.0 Å². The first-order chi connectivity index (χ1) is 14.1. The van der Waals surface area contributed by atoms with Crippen LogP contribution in [0.15, 0.2) is 24.3 Å². The second kappa shape index (κ2) is 9.00. The molecule has 154 valence electrons. The van der Waals surface area contributed by atoms with Gasteiger partial charge in [-0.15, -0.1) is 0 Å². The van der Waals surface area contributed by atoms with Crippen LogP contribution >= 0.6 is 23.8 Å². The highest BCUT2D eigenvalue weighted by molar-refractivity contribution is 7.80. The molecule has 0 saturated carbocycles. The van der Waals surface area contributed by atoms with Crippen molar-refractivity contribution in [2.45, 2.75) is 26.3 Å². The topological polar surface area (TPSA) is 71.5 Å². The minimum Gasteiger partial charge on any atom is -0.486 e. The molecule has 1 unspecified atom stereocenters. The summed E-state index contributed by atoms with van der Waals surface area (Å²) in [7, 11) is 0. The summed E-state index contributed by atoms with van der Waals surface area (Å²) in [6, 6.07) is 7.65. The Kier molecular flexibility index (Phi) is 6.20. The summed E-state index contributed by atoms with van der Waals surface area (Å²) >= 11 is 11.6. The molecule has 0 amide bonds. The van der Waals surface area contributed by atoms with Crippen LogP contribution in [0.25, 0.3) is 0 Å². The van der Waals surface area contributed by atoms with Gasteiger partial charge in [-0.05, 0) is 48.7 Å². The number of rotatable bonds is 4. The number of hydrogen-bond donors (Lipinski definition) is 2. The Morgan fingerprint density at radius 3 is 2.90 bits per heavy atom. The molecule has 9 heteroatoms. The van der Waals surface area contributed by atoms with Gasteiger partial charge in [-0.25, -0.2) is 4.98 Å². The molecule has 1 fully saturated rings. The number of thiocarbonyl (C=S) groups is 1. The van der Waals surface area contributed by atoms with E-state index in [1.54, 1.807) is 6.07 Å². The standard InChI is InChI=1S/C20H24ClN5O2S/c1-13-3-2-6-26(12-13)18-10-17(21)23-19(24-18)25-20(29)22-11-14-4-5-15-16(9-14)28-8-7-27-15/h4-5,9-10,13H,2-3,6-8,11-12H2,1H3,(H2,22,23,24,25,29). The SMILES string of the molecule is CC1CCCN(c2cc(Cl)nc(NC(=S)NCc3ccc4c(c3)OCCO4)n2)C1. The molecule has 4 rings (SSSR count). The van der Waals surface area contributed by atoms with Gasteiger partial charge in [-0.3, -0.25) is 0 Å². The van der Waals surface area contributed by atoms with Gasteiger partial charge in [0.1, 0.15) is 24.2 Å². The van der Waals surface area contributed by atoms with Crippen molar-refractivity contribution in [2.24, 2.45) is 5.92 Å². The second-order valence-corrected chi connectivity index (χ2v) is 8.15. The minimum atomic E-state index is 0.394. The van der Waals surface area contributed by atoms with Crippen LogP contribution < -0.4 is 25.0 Å². The molecule has 2 aliphatic rings. The van der Waals surface area contributed by atoms with E-state index in [9.17, 15) is 0 Å². The van der Waals surface area contributed by atoms with Gasteiger partial charge in [0.2, 0.25) is 5.95 Å². The molecule has 2 N–H and O–H groups in total. The zero-order chi connectivity index (χ0) is 20.2. The number of fused-ring (bicyclic) bond motifs is 1. The molecule has 2 aliphatic heterocycles. The molecule has 0 aliphatic carbocycles. The number of hydrogen-bond acceptors (Lipinski definition) is 6. The van der Waals surface area contributed by atoms with Gasteiger partial charge in [0.05, 0.1) is 0 Å². The lowest BCUT2D eigenvalue weighted by Crippen LogP contribution is -2.35. The molecule has 7 nitrogen and oxygen atoms in total. The third-order valence-corrected chi connectivity index (χ3v) is 5.39. The van der Waals surface area contributed by atoms with E-state index in [-0.39, 0.29) is 0 Å². The molecule has 3 heterocycles. The van der Waals surface area contributed by atoms with E-state index in [0.29, 0.717) is 41.9 Å². The van der Waals surface area contributed by atoms with Crippen LogP contribution in [0.5, 0.6) is 11.5 Å². The number of anilines is 2. The normalized spacial score (nSPS) is 18.3. The van der Waals surface area contributed by atoms with E-state index in [0.717, 1.165) is 42.4 Å². The predicted molar refractivity (Wildman–Crippen MR) is 118 cm³/mol. The van der Waals surface area contributed by atoms with Crippen molar-refractivity contribution in [3.05, 3.63) is 35.0 Å². The van der Waals surface area contributed by atoms with Crippen molar-refractivity contribution in [3.63, 3.8) is 0 Å². The lowest BCUT2D eigenvalue weighted by Gasteiger charge is -2.32. The smallest absolute Gasteiger partial charge is 0.232 e. The fourth-order valence-corrected chi connectivity index (χ4v) is 3.89. The number of aromatic nitrogens is 2. The summed E-state index contributed by atoms with van der Waals surface area (Å²) in [6.07, 6.45) is 2.40. The highest BCUT2D eigenvalue weighted by atomic mass is 35.5. The molecule has 0 bridgehead atoms. The lowest BCUT2D eigenvalue weighted by molar-refractivity contribution is 0.171. The fraction of sp³-hybridized carbons (Fsp3) is 0.450. The lowest BCUT2D eigenvalue weighted by atomic mass is 10.0. The largest absolute Gasteiger partial charge is 0.486 e. The molecule has 1 aromatic heterocycles. The van der Waals surface area contributed by atoms with Crippen molar-refractivity contribution in [2.75, 3.05) is 36.5 Å². The maximum Gasteiger partial charge on any atom is 0.232 e. The summed E-state index contributed by atoms with van der Waals surface area (Å²) in [5.41, 5.74) is 1.04. The number of nitrogens with zero attached hydrogens (tertiary/aromatic N) is 3. The first-order valence-corrected chi connectivity index (χ1v) is 10.6. The number of nitrogens with one attached hydrogen (secondary N) is 2. The van der Waals surface area contributed by atoms with Crippen LogP contribution in [0, 0.1) is 5.92 Å². The van der Waals surface area contributed by atoms with Gasteiger partial charge in [-0.1, -0.05) is 24.6 Å². The average molecular weight is 434 g/mol. The molecule has 1 saturated heterocycles. The quantitative estimate of drug-likeness (QED) is 0.559. The van der Waals surface area contributed by atoms with E-state index >= 15 is 0 Å². The van der Waals surface area contributed by atoms with Crippen LogP contribution in [-0.2, 0) is 6.54 Å². The monoisotopic (exact) mass is 433 g/mol. The fourth-order valence-electron chi connectivity index (χ4n) is 3.55. The van der Waals surface area contributed by atoms with E-state index in [1.807, 2.05) is 18.2 Å². The predicted octanol–water partition coefficient (Wildman–Crippen LogP) is 3.62. The van der Waals surface area contributed by atoms with Gasteiger partial charge in [0, 0.05) is 25.7 Å². The van der Waals surface area contributed by atoms with E-state index in [2.05, 4.69) is 32.4 Å². The van der Waals surface area contributed by atoms with Crippen LogP contribution in [-0.4, -0.2) is 41.4 Å². The Bertz CT molecular complexity index is 897. The summed E-state index contributed by atoms with van der Waals surface area (Å²) in [5.74, 6) is 3.39. The van der Waals surface area contributed by atoms with Crippen molar-refractivity contribution in [1.29, 1.82) is 0 Å². The Hall–Kier alpha value is -2.32. The van der Waals surface area contributed by atoms with Crippen molar-refractivity contribution >= 4 is 40.7 Å². The Morgan fingerprint density at radius 1 is 1.24 bits per heavy atom. The molecule has 1 aromatic carbocycles. The van der Waals surface area contributed by atoms with E-state index in [4.69, 9.17) is 33.3 Å². The number of piperidine rings is 1. The number of halogens is 1. The van der Waals surface area contributed by atoms with E-state index < -0.39 is 0 Å². The number of ether oxygens (including phenoxy) is 2. The Balaban J connectivity index is 1.37. The summed E-state index contributed by atoms with van der Waals surface area (Å²) in [5, 5.41) is 7.03. The van der Waals surface area contributed by atoms with Crippen molar-refractivity contribution < 1.29 is 9.47 Å². The van der Waals surface area contributed by atoms with Crippen molar-refractivity contribution in [3.8, 4) is 11.5 Å². The molecule has 0 radical (unpaired) electrons. The van der Waals surface area contributed by atoms with Gasteiger partial charge >= 0.3 is 0 Å². The number of benzene rings is 1. The zero-order valence-electron chi connectivity index (χ0n) is 16.3. The maximum atomic E-state index is 6.22. The first-order valence-electron chi connectivity index (χ1n) is 9.80. The van der Waals surface area contributed by atoms with Gasteiger partial charge in [-0.2, -0.15) is 4.98 Å². The van der Waals surface area contributed by atoms with Crippen LogP contribution in [0.4, 0.5) is 11.8 Å². The highest BCUT2D eigenvalue weighted by Crippen LogP contribution is 2.30. The second-order valence-electron chi connectivity index (χ2n) is 7.35. The summed E-state index contributed by atoms with van der Waals surface area (Å²) < 4.78 is 11.2. The molecule has 1 atom stereocenters. The summed E-state index contributed by atoms with van der Waals surface area (Å²) in [6.45, 7) is 5.89. The minimum absolute atomic E-state index is 0.394. The molecular weight excluding hydrogens is 410 g/mol. The molecule has 0 spiro atoms. The van der Waals surface area contributed by atoms with Crippen LogP contribution in [0.3, 0.4) is 0 Å². The van der Waals surface area contributed by atoms with Crippen LogP contribution in [0.2, 0.25) is 5.15 Å². The average Bonchev–Trinajstić information content (AvgIpc) is 2.72. The van der Waals surface area contributed by atoms with E-state index in [1.165, 1.54) is 6.42 Å². The first kappa shape index (κ1) is 20.0. The molecule has 2 aromatic rings. The highest BCUT2D eigenvalue weighted by Gasteiger charge is 2.19. The van der Waals surface area contributed by atoms with Gasteiger partial charge in [0.15, 0.2) is 16.6 Å². The zero-order valence-corrected chi connectivity index (χ0v) is 17.9. The third kappa shape index (κ3) is 5.19. The molecular formula is C20H24ClN5O2S. The molecule has 29 heavy (non-hydrogen) atoms. The summed E-state index contributed by atoms with van der Waals surface area (Å²) in [4.78, 5) is 11.1. The van der Waals surface area contributed by atoms with Crippen LogP contribution in [0.1, 0.15) is 25.3 Å². The maximum absolute atomic E-state index is 6.22. The Labute approximate surface area is 180 Å². The Morgan fingerprint density at radius 2 is 2.07 bits per heavy atom. The third-order valence-electron chi connectivity index (χ3n) is 4.95.